The van der Waals surface area contributed by atoms with Gasteiger partial charge in [0.05, 0.1) is 17.9 Å². The van der Waals surface area contributed by atoms with E-state index in [1.807, 2.05) is 22.6 Å². The summed E-state index contributed by atoms with van der Waals surface area (Å²) in [6.07, 6.45) is -2.85. The number of fused-ring (bicyclic) bond motifs is 1. The molecule has 0 bridgehead atoms. The summed E-state index contributed by atoms with van der Waals surface area (Å²) in [6.45, 7) is 0.192. The number of hydrogen-bond acceptors (Lipinski definition) is 2. The molecule has 0 unspecified atom stereocenters. The maximum absolute atomic E-state index is 12.8. The van der Waals surface area contributed by atoms with Crippen molar-refractivity contribution in [2.45, 2.75) is 12.8 Å². The lowest BCUT2D eigenvalue weighted by atomic mass is 10.2. The first-order valence-corrected chi connectivity index (χ1v) is 5.74. The van der Waals surface area contributed by atoms with Gasteiger partial charge in [-0.3, -0.25) is 4.40 Å². The van der Waals surface area contributed by atoms with E-state index >= 15 is 0 Å². The van der Waals surface area contributed by atoms with Crippen LogP contribution in [0.4, 0.5) is 13.2 Å². The van der Waals surface area contributed by atoms with Crippen molar-refractivity contribution >= 4 is 28.2 Å². The Morgan fingerprint density at radius 3 is 2.76 bits per heavy atom. The molecule has 0 saturated carbocycles. The number of methoxy groups -OCH3 is 1. The van der Waals surface area contributed by atoms with E-state index in [2.05, 4.69) is 4.98 Å². The van der Waals surface area contributed by atoms with Gasteiger partial charge in [-0.05, 0) is 34.7 Å². The Kier molecular flexibility index (Phi) is 3.30. The van der Waals surface area contributed by atoms with E-state index in [-0.39, 0.29) is 12.3 Å². The second-order valence-corrected chi connectivity index (χ2v) is 4.42. The summed E-state index contributed by atoms with van der Waals surface area (Å²) >= 11 is 1.96. The van der Waals surface area contributed by atoms with Crippen molar-refractivity contribution in [2.75, 3.05) is 7.11 Å². The molecule has 2 aromatic heterocycles. The van der Waals surface area contributed by atoms with Gasteiger partial charge in [-0.25, -0.2) is 4.98 Å². The molecule has 0 atom stereocenters. The molecule has 0 saturated heterocycles. The number of hydrogen-bond donors (Lipinski definition) is 0. The van der Waals surface area contributed by atoms with Crippen molar-refractivity contribution in [3.05, 3.63) is 33.3 Å². The highest BCUT2D eigenvalue weighted by Crippen LogP contribution is 2.33. The Labute approximate surface area is 109 Å². The van der Waals surface area contributed by atoms with Crippen molar-refractivity contribution in [3.63, 3.8) is 0 Å². The molecule has 92 valence electrons. The zero-order valence-electron chi connectivity index (χ0n) is 8.75. The minimum atomic E-state index is -4.40. The van der Waals surface area contributed by atoms with Gasteiger partial charge in [0.25, 0.3) is 0 Å². The van der Waals surface area contributed by atoms with Gasteiger partial charge in [-0.15, -0.1) is 0 Å². The summed E-state index contributed by atoms with van der Waals surface area (Å²) in [6, 6.07) is 2.38. The lowest BCUT2D eigenvalue weighted by Crippen LogP contribution is -2.07. The third-order valence-corrected chi connectivity index (χ3v) is 3.39. The zero-order valence-corrected chi connectivity index (χ0v) is 10.9. The molecule has 2 rings (SSSR count). The average molecular weight is 356 g/mol. The summed E-state index contributed by atoms with van der Waals surface area (Å²) in [4.78, 5) is 3.98. The van der Waals surface area contributed by atoms with Crippen LogP contribution in [0.1, 0.15) is 11.3 Å². The first-order valence-electron chi connectivity index (χ1n) is 4.66. The fourth-order valence-corrected chi connectivity index (χ4v) is 2.20. The number of alkyl halides is 3. The lowest BCUT2D eigenvalue weighted by Gasteiger charge is -2.07. The van der Waals surface area contributed by atoms with Gasteiger partial charge >= 0.3 is 6.18 Å². The number of imidazole rings is 1. The van der Waals surface area contributed by atoms with Crippen LogP contribution in [0.2, 0.25) is 0 Å². The third-order valence-electron chi connectivity index (χ3n) is 2.24. The van der Waals surface area contributed by atoms with Crippen molar-refractivity contribution in [3.8, 4) is 0 Å². The van der Waals surface area contributed by atoms with Crippen LogP contribution in [0.15, 0.2) is 18.3 Å². The summed E-state index contributed by atoms with van der Waals surface area (Å²) in [5.74, 6) is 0. The van der Waals surface area contributed by atoms with E-state index in [1.165, 1.54) is 17.6 Å². The lowest BCUT2D eigenvalue weighted by molar-refractivity contribution is -0.136. The number of halogens is 4. The molecular weight excluding hydrogens is 348 g/mol. The van der Waals surface area contributed by atoms with E-state index < -0.39 is 11.7 Å². The van der Waals surface area contributed by atoms with Crippen LogP contribution >= 0.6 is 22.6 Å². The molecule has 0 radical (unpaired) electrons. The molecule has 0 aliphatic heterocycles. The van der Waals surface area contributed by atoms with Crippen LogP contribution in [0, 0.1) is 3.70 Å². The van der Waals surface area contributed by atoms with E-state index in [1.54, 1.807) is 6.20 Å². The average Bonchev–Trinajstić information content (AvgIpc) is 2.55. The molecular formula is C10H8F3IN2O. The van der Waals surface area contributed by atoms with Gasteiger partial charge in [-0.2, -0.15) is 13.2 Å². The molecule has 0 aliphatic carbocycles. The number of nitrogens with zero attached hydrogens (tertiary/aromatic N) is 2. The molecule has 0 fully saturated rings. The predicted molar refractivity (Wildman–Crippen MR) is 63.6 cm³/mol. The largest absolute Gasteiger partial charge is 0.419 e. The zero-order chi connectivity index (χ0) is 12.6. The maximum atomic E-state index is 12.8. The van der Waals surface area contributed by atoms with Crippen LogP contribution in [0.25, 0.3) is 5.65 Å². The second-order valence-electron chi connectivity index (χ2n) is 3.40. The quantitative estimate of drug-likeness (QED) is 0.774. The number of rotatable bonds is 2. The van der Waals surface area contributed by atoms with Crippen LogP contribution < -0.4 is 0 Å². The van der Waals surface area contributed by atoms with Gasteiger partial charge in [0.2, 0.25) is 0 Å². The second kappa shape index (κ2) is 4.45. The topological polar surface area (TPSA) is 26.5 Å². The minimum Gasteiger partial charge on any atom is -0.378 e. The molecule has 0 N–H and O–H groups in total. The molecule has 2 heterocycles. The smallest absolute Gasteiger partial charge is 0.378 e. The van der Waals surface area contributed by atoms with Gasteiger partial charge in [0, 0.05) is 13.3 Å². The summed E-state index contributed by atoms with van der Waals surface area (Å²) in [7, 11) is 1.48. The highest BCUT2D eigenvalue weighted by molar-refractivity contribution is 14.1. The van der Waals surface area contributed by atoms with Crippen LogP contribution in [0.5, 0.6) is 0 Å². The Morgan fingerprint density at radius 1 is 1.47 bits per heavy atom. The normalized spacial score (nSPS) is 12.3. The van der Waals surface area contributed by atoms with Crippen LogP contribution in [0.3, 0.4) is 0 Å². The first kappa shape index (κ1) is 12.6. The molecule has 7 heteroatoms. The van der Waals surface area contributed by atoms with Crippen molar-refractivity contribution in [1.82, 2.24) is 9.38 Å². The third kappa shape index (κ3) is 2.25. The maximum Gasteiger partial charge on any atom is 0.419 e. The molecule has 2 aromatic rings. The van der Waals surface area contributed by atoms with Crippen LogP contribution in [-0.2, 0) is 17.5 Å². The molecule has 0 aliphatic rings. The highest BCUT2D eigenvalue weighted by Gasteiger charge is 2.34. The number of ether oxygens (including phenoxy) is 1. The minimum absolute atomic E-state index is 0.0866. The van der Waals surface area contributed by atoms with Crippen molar-refractivity contribution in [2.24, 2.45) is 0 Å². The Balaban J connectivity index is 2.69. The van der Waals surface area contributed by atoms with Crippen molar-refractivity contribution in [1.29, 1.82) is 0 Å². The van der Waals surface area contributed by atoms with Crippen LogP contribution in [-0.4, -0.2) is 16.5 Å². The molecule has 17 heavy (non-hydrogen) atoms. The summed E-state index contributed by atoms with van der Waals surface area (Å²) in [5.41, 5.74) is -0.318. The number of pyridine rings is 1. The van der Waals surface area contributed by atoms with Gasteiger partial charge in [0.15, 0.2) is 0 Å². The van der Waals surface area contributed by atoms with Gasteiger partial charge in [0.1, 0.15) is 9.35 Å². The van der Waals surface area contributed by atoms with E-state index in [0.717, 1.165) is 6.07 Å². The Morgan fingerprint density at radius 2 is 2.18 bits per heavy atom. The summed E-state index contributed by atoms with van der Waals surface area (Å²) < 4.78 is 45.2. The van der Waals surface area contributed by atoms with E-state index in [9.17, 15) is 13.2 Å². The fourth-order valence-electron chi connectivity index (χ4n) is 1.54. The highest BCUT2D eigenvalue weighted by atomic mass is 127. The van der Waals surface area contributed by atoms with Gasteiger partial charge in [-0.1, -0.05) is 0 Å². The fraction of sp³-hybridized carbons (Fsp3) is 0.300. The first-order chi connectivity index (χ1) is 7.95. The molecule has 3 nitrogen and oxygen atoms in total. The van der Waals surface area contributed by atoms with Gasteiger partial charge < -0.3 is 4.74 Å². The molecule has 0 amide bonds. The molecule has 0 spiro atoms. The SMILES string of the molecule is COCc1nc2c(C(F)(F)F)cccn2c1I. The monoisotopic (exact) mass is 356 g/mol. The van der Waals surface area contributed by atoms with E-state index in [0.29, 0.717) is 9.39 Å². The number of aromatic nitrogens is 2. The predicted octanol–water partition coefficient (Wildman–Crippen LogP) is 3.10. The Bertz CT molecular complexity index is 550. The standard InChI is InChI=1S/C10H8F3IN2O/c1-17-5-7-8(14)16-4-2-3-6(9(16)15-7)10(11,12)13/h2-4H,5H2,1H3. The van der Waals surface area contributed by atoms with E-state index in [4.69, 9.17) is 4.74 Å². The molecule has 0 aromatic carbocycles. The Hall–Kier alpha value is -0.830. The van der Waals surface area contributed by atoms with Crippen molar-refractivity contribution < 1.29 is 17.9 Å². The summed E-state index contributed by atoms with van der Waals surface area (Å²) in [5, 5.41) is 0.